The number of aliphatic hydroxyl groups excluding tert-OH is 1. The number of anilines is 1. The topological polar surface area (TPSA) is 23.5 Å². The van der Waals surface area contributed by atoms with E-state index in [1.54, 1.807) is 0 Å². The minimum absolute atomic E-state index is 0. The summed E-state index contributed by atoms with van der Waals surface area (Å²) in [4.78, 5) is 2.55. The van der Waals surface area contributed by atoms with Gasteiger partial charge in [0.1, 0.15) is 0 Å². The third-order valence-electron chi connectivity index (χ3n) is 17.1. The second-order valence-electron chi connectivity index (χ2n) is 19.0. The summed E-state index contributed by atoms with van der Waals surface area (Å²) in [6.07, 6.45) is 13.0. The zero-order valence-electron chi connectivity index (χ0n) is 32.8. The third-order valence-corrected chi connectivity index (χ3v) is 18.1. The number of aryl methyl sites for hydroxylation is 1. The number of rotatable bonds is 6. The van der Waals surface area contributed by atoms with Gasteiger partial charge in [0.05, 0.1) is 6.10 Å². The standard InChI is InChI=1S/C42H69NOS.Na.H/c1-11-43(30-15-12-14-27(2)26-30)25-13-16-32-36(44)37(45)38(5,6)33-20-22-41(9)34(42(32,33)10)18-17-31-35-29(4)28(3)19-21-39(35,7)23-24-40(31,41)8;;/h12,14-15,26,28-29,31-37,44-45H,11,13,16-25H2,1-10H3;;/q;+1;-1/t28-,29+,31-,32?,33+,34+,35+,36?,37?,39-,40-,41-,42+;;/m1../s1. The average molecular weight is 660 g/mol. The van der Waals surface area contributed by atoms with E-state index in [2.05, 4.69) is 98.4 Å². The molecule has 2 nitrogen and oxygen atoms in total. The van der Waals surface area contributed by atoms with E-state index in [1.165, 1.54) is 62.6 Å². The molecule has 46 heavy (non-hydrogen) atoms. The molecule has 1 N–H and O–H groups in total. The monoisotopic (exact) mass is 660 g/mol. The van der Waals surface area contributed by atoms with Gasteiger partial charge >= 0.3 is 29.6 Å². The van der Waals surface area contributed by atoms with Crippen molar-refractivity contribution >= 4 is 18.3 Å². The molecule has 1 aromatic rings. The molecule has 5 fully saturated rings. The van der Waals surface area contributed by atoms with Crippen molar-refractivity contribution in [1.29, 1.82) is 0 Å². The maximum Gasteiger partial charge on any atom is 1.00 e. The van der Waals surface area contributed by atoms with Crippen LogP contribution in [0.3, 0.4) is 0 Å². The Morgan fingerprint density at radius 1 is 0.913 bits per heavy atom. The van der Waals surface area contributed by atoms with Gasteiger partial charge in [-0.25, -0.2) is 0 Å². The van der Waals surface area contributed by atoms with Gasteiger partial charge in [-0.15, -0.1) is 0 Å². The Bertz CT molecular complexity index is 1240. The second-order valence-corrected chi connectivity index (χ2v) is 19.6. The van der Waals surface area contributed by atoms with Crippen LogP contribution in [0.15, 0.2) is 24.3 Å². The number of aliphatic hydroxyl groups is 1. The maximum absolute atomic E-state index is 12.3. The Kier molecular flexibility index (Phi) is 10.7. The normalized spacial score (nSPS) is 47.8. The van der Waals surface area contributed by atoms with E-state index in [9.17, 15) is 5.11 Å². The Balaban J connectivity index is 0.00000250. The van der Waals surface area contributed by atoms with Crippen LogP contribution in [-0.2, 0) is 0 Å². The van der Waals surface area contributed by atoms with Crippen molar-refractivity contribution in [1.82, 2.24) is 0 Å². The molecule has 5 saturated carbocycles. The fraction of sp³-hybridized carbons (Fsp3) is 0.857. The molecule has 0 bridgehead atoms. The molecule has 0 amide bonds. The van der Waals surface area contributed by atoms with Crippen LogP contribution < -0.4 is 34.5 Å². The Morgan fingerprint density at radius 2 is 1.63 bits per heavy atom. The number of benzene rings is 1. The van der Waals surface area contributed by atoms with Crippen molar-refractivity contribution in [2.24, 2.45) is 68.5 Å². The fourth-order valence-corrected chi connectivity index (χ4v) is 14.6. The summed E-state index contributed by atoms with van der Waals surface area (Å²) in [7, 11) is 0. The molecule has 3 unspecified atom stereocenters. The Labute approximate surface area is 313 Å². The number of fused-ring (bicyclic) bond motifs is 7. The van der Waals surface area contributed by atoms with E-state index < -0.39 is 0 Å². The summed E-state index contributed by atoms with van der Waals surface area (Å²) in [6.45, 7) is 27.6. The van der Waals surface area contributed by atoms with Crippen molar-refractivity contribution in [2.45, 2.75) is 145 Å². The molecule has 256 valence electrons. The van der Waals surface area contributed by atoms with Gasteiger partial charge in [-0.3, -0.25) is 0 Å². The quantitative estimate of drug-likeness (QED) is 0.239. The van der Waals surface area contributed by atoms with Crippen LogP contribution in [0.4, 0.5) is 5.69 Å². The van der Waals surface area contributed by atoms with Crippen LogP contribution in [-0.4, -0.2) is 29.5 Å². The van der Waals surface area contributed by atoms with Gasteiger partial charge in [-0.05, 0) is 164 Å². The van der Waals surface area contributed by atoms with Gasteiger partial charge in [-0.1, -0.05) is 67.5 Å². The first-order valence-electron chi connectivity index (χ1n) is 19.2. The molecule has 6 rings (SSSR count). The second kappa shape index (κ2) is 13.1. The van der Waals surface area contributed by atoms with Gasteiger partial charge in [0.25, 0.3) is 0 Å². The summed E-state index contributed by atoms with van der Waals surface area (Å²) in [5, 5.41) is 12.3. The van der Waals surface area contributed by atoms with Crippen LogP contribution in [0, 0.1) is 75.4 Å². The predicted octanol–water partition coefficient (Wildman–Crippen LogP) is 7.97. The van der Waals surface area contributed by atoms with Crippen molar-refractivity contribution in [3.63, 3.8) is 0 Å². The molecule has 1 aromatic carbocycles. The average Bonchev–Trinajstić information content (AvgIpc) is 2.98. The molecule has 0 heterocycles. The Morgan fingerprint density at radius 3 is 2.30 bits per heavy atom. The predicted molar refractivity (Wildman–Crippen MR) is 197 cm³/mol. The van der Waals surface area contributed by atoms with Crippen LogP contribution in [0.25, 0.3) is 0 Å². The minimum atomic E-state index is -0.347. The van der Waals surface area contributed by atoms with Crippen molar-refractivity contribution in [3.05, 3.63) is 29.8 Å². The smallest absolute Gasteiger partial charge is 1.00 e. The number of hydrogen-bond acceptors (Lipinski definition) is 3. The van der Waals surface area contributed by atoms with Crippen molar-refractivity contribution < 1.29 is 36.1 Å². The summed E-state index contributed by atoms with van der Waals surface area (Å²) in [6, 6.07) is 8.99. The molecule has 0 aromatic heterocycles. The van der Waals surface area contributed by atoms with Gasteiger partial charge < -0.3 is 11.4 Å². The molecule has 4 heteroatoms. The van der Waals surface area contributed by atoms with E-state index in [1.807, 2.05) is 0 Å². The van der Waals surface area contributed by atoms with Crippen LogP contribution in [0.1, 0.15) is 134 Å². The largest absolute Gasteiger partial charge is 1.00 e. The molecule has 0 spiro atoms. The summed E-state index contributed by atoms with van der Waals surface area (Å²) < 4.78 is 0. The molecule has 0 saturated heterocycles. The molecule has 0 radical (unpaired) electrons. The zero-order valence-corrected chi connectivity index (χ0v) is 34.7. The van der Waals surface area contributed by atoms with E-state index in [0.29, 0.717) is 34.0 Å². The van der Waals surface area contributed by atoms with Gasteiger partial charge in [0, 0.05) is 24.0 Å². The molecule has 5 aliphatic rings. The summed E-state index contributed by atoms with van der Waals surface area (Å²) in [5.41, 5.74) is 4.09. The number of nitrogens with zero attached hydrogens (tertiary/aromatic N) is 1. The van der Waals surface area contributed by atoms with Crippen LogP contribution in [0.2, 0.25) is 0 Å². The van der Waals surface area contributed by atoms with E-state index >= 15 is 0 Å². The minimum Gasteiger partial charge on any atom is -1.00 e. The first-order valence-corrected chi connectivity index (χ1v) is 19.8. The number of hydrogen-bond donors (Lipinski definition) is 2. The van der Waals surface area contributed by atoms with Gasteiger partial charge in [-0.2, -0.15) is 12.6 Å². The first-order chi connectivity index (χ1) is 21.1. The molecule has 0 aliphatic heterocycles. The zero-order chi connectivity index (χ0) is 32.7. The summed E-state index contributed by atoms with van der Waals surface area (Å²) in [5.74, 6) is 5.00. The summed E-state index contributed by atoms with van der Waals surface area (Å²) >= 11 is 5.25. The van der Waals surface area contributed by atoms with Gasteiger partial charge in [0.15, 0.2) is 0 Å². The van der Waals surface area contributed by atoms with Crippen molar-refractivity contribution in [2.75, 3.05) is 18.0 Å². The third kappa shape index (κ3) is 5.47. The van der Waals surface area contributed by atoms with Crippen LogP contribution in [0.5, 0.6) is 0 Å². The first kappa shape index (κ1) is 37.6. The molecule has 13 atom stereocenters. The molecular weight excluding hydrogens is 590 g/mol. The molecular formula is C42H70NNaOS. The number of thiol groups is 1. The maximum atomic E-state index is 12.3. The van der Waals surface area contributed by atoms with E-state index in [4.69, 9.17) is 12.6 Å². The van der Waals surface area contributed by atoms with Gasteiger partial charge in [0.2, 0.25) is 0 Å². The SMILES string of the molecule is CCN(CCCC1C(O)C(S)C(C)(C)[C@@H]2CC[C@]3(C)[C@H](CC[C@@H]4[C@@H]5[C@@H](C)[C@H](C)CC[C@]5(C)CC[C@]43C)[C@@]12C)c1cccc(C)c1.[H-].[Na+]. The van der Waals surface area contributed by atoms with Crippen LogP contribution >= 0.6 is 12.6 Å². The molecule has 5 aliphatic carbocycles. The Hall–Kier alpha value is 0.330. The van der Waals surface area contributed by atoms with E-state index in [-0.39, 0.29) is 53.2 Å². The fourth-order valence-electron chi connectivity index (χ4n) is 14.2. The van der Waals surface area contributed by atoms with E-state index in [0.717, 1.165) is 49.6 Å². The van der Waals surface area contributed by atoms with Crippen molar-refractivity contribution in [3.8, 4) is 0 Å².